The summed E-state index contributed by atoms with van der Waals surface area (Å²) in [7, 11) is 1.96. The number of nitrogens with zero attached hydrogens (tertiary/aromatic N) is 1. The predicted molar refractivity (Wildman–Crippen MR) is 87.5 cm³/mol. The molecule has 2 aromatic rings. The molecule has 0 aliphatic heterocycles. The van der Waals surface area contributed by atoms with Crippen molar-refractivity contribution in [3.05, 3.63) is 42.5 Å². The molecule has 1 fully saturated rings. The van der Waals surface area contributed by atoms with Crippen molar-refractivity contribution < 1.29 is 4.79 Å². The lowest BCUT2D eigenvalue weighted by Crippen LogP contribution is -2.40. The lowest BCUT2D eigenvalue weighted by atomic mass is 10.1. The second-order valence-corrected chi connectivity index (χ2v) is 6.08. The van der Waals surface area contributed by atoms with E-state index in [2.05, 4.69) is 42.6 Å². The first kappa shape index (κ1) is 13.9. The van der Waals surface area contributed by atoms with Gasteiger partial charge in [-0.2, -0.15) is 0 Å². The first-order chi connectivity index (χ1) is 10.1. The first-order valence-corrected chi connectivity index (χ1v) is 7.63. The van der Waals surface area contributed by atoms with Gasteiger partial charge in [0.25, 0.3) is 0 Å². The third-order valence-corrected chi connectivity index (χ3v) is 4.27. The third kappa shape index (κ3) is 3.35. The molecule has 3 heteroatoms. The number of rotatable bonds is 5. The van der Waals surface area contributed by atoms with E-state index >= 15 is 0 Å². The maximum atomic E-state index is 12.1. The van der Waals surface area contributed by atoms with Crippen LogP contribution in [-0.2, 0) is 4.79 Å². The van der Waals surface area contributed by atoms with Gasteiger partial charge in [0.05, 0.1) is 6.54 Å². The Morgan fingerprint density at radius 1 is 1.24 bits per heavy atom. The summed E-state index contributed by atoms with van der Waals surface area (Å²) in [6.07, 6.45) is 2.50. The molecule has 21 heavy (non-hydrogen) atoms. The molecule has 1 aliphatic rings. The van der Waals surface area contributed by atoms with Crippen LogP contribution in [0.15, 0.2) is 42.5 Å². The van der Waals surface area contributed by atoms with Gasteiger partial charge in [0.1, 0.15) is 0 Å². The Morgan fingerprint density at radius 2 is 1.95 bits per heavy atom. The van der Waals surface area contributed by atoms with Gasteiger partial charge in [0.2, 0.25) is 5.91 Å². The van der Waals surface area contributed by atoms with Crippen LogP contribution in [-0.4, -0.2) is 25.5 Å². The number of benzene rings is 2. The SMILES string of the molecule is C[C@@H](NC(=O)CN(C)c1ccc2ccccc2c1)C1CC1. The monoisotopic (exact) mass is 282 g/mol. The van der Waals surface area contributed by atoms with Gasteiger partial charge in [-0.15, -0.1) is 0 Å². The van der Waals surface area contributed by atoms with E-state index in [0.29, 0.717) is 18.5 Å². The van der Waals surface area contributed by atoms with E-state index in [1.165, 1.54) is 23.6 Å². The fourth-order valence-electron chi connectivity index (χ4n) is 2.73. The highest BCUT2D eigenvalue weighted by atomic mass is 16.2. The summed E-state index contributed by atoms with van der Waals surface area (Å²) < 4.78 is 0. The second kappa shape index (κ2) is 5.76. The summed E-state index contributed by atoms with van der Waals surface area (Å²) in [6.45, 7) is 2.50. The van der Waals surface area contributed by atoms with E-state index in [9.17, 15) is 4.79 Å². The molecule has 1 aliphatic carbocycles. The molecule has 1 amide bonds. The van der Waals surface area contributed by atoms with Crippen molar-refractivity contribution in [1.29, 1.82) is 0 Å². The molecule has 0 unspecified atom stereocenters. The Kier molecular flexibility index (Phi) is 3.82. The van der Waals surface area contributed by atoms with Crippen LogP contribution in [0.25, 0.3) is 10.8 Å². The van der Waals surface area contributed by atoms with Crippen LogP contribution in [0.1, 0.15) is 19.8 Å². The molecule has 3 rings (SSSR count). The normalized spacial score (nSPS) is 15.7. The summed E-state index contributed by atoms with van der Waals surface area (Å²) >= 11 is 0. The van der Waals surface area contributed by atoms with Gasteiger partial charge >= 0.3 is 0 Å². The molecule has 0 spiro atoms. The van der Waals surface area contributed by atoms with Gasteiger partial charge < -0.3 is 10.2 Å². The molecule has 2 aromatic carbocycles. The number of carbonyl (C=O) groups is 1. The lowest BCUT2D eigenvalue weighted by Gasteiger charge is -2.21. The van der Waals surface area contributed by atoms with Crippen molar-refractivity contribution in [3.8, 4) is 0 Å². The van der Waals surface area contributed by atoms with Crippen molar-refractivity contribution in [2.45, 2.75) is 25.8 Å². The predicted octanol–water partition coefficient (Wildman–Crippen LogP) is 3.19. The molecular weight excluding hydrogens is 260 g/mol. The maximum Gasteiger partial charge on any atom is 0.239 e. The fourth-order valence-corrected chi connectivity index (χ4v) is 2.73. The Bertz CT molecular complexity index is 648. The molecule has 0 bridgehead atoms. The summed E-state index contributed by atoms with van der Waals surface area (Å²) in [6, 6.07) is 14.9. The van der Waals surface area contributed by atoms with Gasteiger partial charge in [-0.05, 0) is 48.6 Å². The average Bonchev–Trinajstić information content (AvgIpc) is 3.31. The number of nitrogens with one attached hydrogen (secondary N) is 1. The highest BCUT2D eigenvalue weighted by Gasteiger charge is 2.28. The lowest BCUT2D eigenvalue weighted by molar-refractivity contribution is -0.120. The summed E-state index contributed by atoms with van der Waals surface area (Å²) in [5.41, 5.74) is 1.07. The topological polar surface area (TPSA) is 32.3 Å². The summed E-state index contributed by atoms with van der Waals surface area (Å²) in [5.74, 6) is 0.796. The minimum absolute atomic E-state index is 0.102. The summed E-state index contributed by atoms with van der Waals surface area (Å²) in [5, 5.41) is 5.53. The van der Waals surface area contributed by atoms with E-state index in [1.54, 1.807) is 0 Å². The van der Waals surface area contributed by atoms with Crippen molar-refractivity contribution in [2.24, 2.45) is 5.92 Å². The number of carbonyl (C=O) groups excluding carboxylic acids is 1. The molecule has 0 saturated heterocycles. The van der Waals surface area contributed by atoms with Crippen LogP contribution >= 0.6 is 0 Å². The van der Waals surface area contributed by atoms with Crippen LogP contribution in [0.5, 0.6) is 0 Å². The molecule has 0 aromatic heterocycles. The number of anilines is 1. The highest BCUT2D eigenvalue weighted by Crippen LogP contribution is 2.32. The Labute approximate surface area is 125 Å². The van der Waals surface area contributed by atoms with E-state index in [1.807, 2.05) is 24.1 Å². The number of fused-ring (bicyclic) bond motifs is 1. The van der Waals surface area contributed by atoms with E-state index in [0.717, 1.165) is 5.69 Å². The molecule has 1 saturated carbocycles. The standard InChI is InChI=1S/C18H22N2O/c1-13(14-7-8-14)19-18(21)12-20(2)17-10-9-15-5-3-4-6-16(15)11-17/h3-6,9-11,13-14H,7-8,12H2,1-2H3,(H,19,21)/t13-/m1/s1. The molecule has 1 atom stereocenters. The number of hydrogen-bond donors (Lipinski definition) is 1. The van der Waals surface area contributed by atoms with Crippen molar-refractivity contribution in [1.82, 2.24) is 5.32 Å². The molecule has 1 N–H and O–H groups in total. The van der Waals surface area contributed by atoms with Crippen molar-refractivity contribution in [3.63, 3.8) is 0 Å². The second-order valence-electron chi connectivity index (χ2n) is 6.08. The Balaban J connectivity index is 1.65. The smallest absolute Gasteiger partial charge is 0.239 e. The zero-order valence-electron chi connectivity index (χ0n) is 12.7. The Morgan fingerprint density at radius 3 is 2.67 bits per heavy atom. The summed E-state index contributed by atoms with van der Waals surface area (Å²) in [4.78, 5) is 14.1. The number of hydrogen-bond acceptors (Lipinski definition) is 2. The molecule has 3 nitrogen and oxygen atoms in total. The maximum absolute atomic E-state index is 12.1. The minimum Gasteiger partial charge on any atom is -0.365 e. The average molecular weight is 282 g/mol. The van der Waals surface area contributed by atoms with Gasteiger partial charge in [-0.25, -0.2) is 0 Å². The fraction of sp³-hybridized carbons (Fsp3) is 0.389. The third-order valence-electron chi connectivity index (χ3n) is 4.27. The van der Waals surface area contributed by atoms with Crippen LogP contribution < -0.4 is 10.2 Å². The quantitative estimate of drug-likeness (QED) is 0.913. The zero-order valence-corrected chi connectivity index (χ0v) is 12.7. The van der Waals surface area contributed by atoms with Crippen LogP contribution in [0.3, 0.4) is 0 Å². The molecule has 110 valence electrons. The van der Waals surface area contributed by atoms with Crippen LogP contribution in [0.4, 0.5) is 5.69 Å². The van der Waals surface area contributed by atoms with Crippen molar-refractivity contribution in [2.75, 3.05) is 18.5 Å². The van der Waals surface area contributed by atoms with E-state index in [-0.39, 0.29) is 5.91 Å². The van der Waals surface area contributed by atoms with Crippen molar-refractivity contribution >= 4 is 22.4 Å². The minimum atomic E-state index is 0.102. The molecule has 0 heterocycles. The largest absolute Gasteiger partial charge is 0.365 e. The first-order valence-electron chi connectivity index (χ1n) is 7.63. The Hall–Kier alpha value is -2.03. The van der Waals surface area contributed by atoms with Gasteiger partial charge in [-0.1, -0.05) is 30.3 Å². The zero-order chi connectivity index (χ0) is 14.8. The molecular formula is C18H22N2O. The number of likely N-dealkylation sites (N-methyl/N-ethyl adjacent to an activating group) is 1. The molecule has 0 radical (unpaired) electrons. The number of amides is 1. The van der Waals surface area contributed by atoms with Crippen LogP contribution in [0.2, 0.25) is 0 Å². The van der Waals surface area contributed by atoms with Gasteiger partial charge in [0, 0.05) is 18.8 Å². The van der Waals surface area contributed by atoms with E-state index in [4.69, 9.17) is 0 Å². The van der Waals surface area contributed by atoms with Crippen LogP contribution in [0, 0.1) is 5.92 Å². The van der Waals surface area contributed by atoms with E-state index < -0.39 is 0 Å². The van der Waals surface area contributed by atoms with Gasteiger partial charge in [-0.3, -0.25) is 4.79 Å². The highest BCUT2D eigenvalue weighted by molar-refractivity contribution is 5.87. The van der Waals surface area contributed by atoms with Gasteiger partial charge in [0.15, 0.2) is 0 Å².